The van der Waals surface area contributed by atoms with Crippen LogP contribution in [0.1, 0.15) is 56.1 Å². The maximum atomic E-state index is 14.5. The number of benzene rings is 2. The van der Waals surface area contributed by atoms with Crippen LogP contribution in [0.5, 0.6) is 5.75 Å². The number of carbonyl (C=O) groups is 1. The molecule has 0 saturated heterocycles. The molecule has 1 N–H and O–H groups in total. The molecule has 3 aromatic rings. The lowest BCUT2D eigenvalue weighted by molar-refractivity contribution is -0.142. The van der Waals surface area contributed by atoms with E-state index in [1.807, 2.05) is 24.4 Å². The zero-order valence-corrected chi connectivity index (χ0v) is 21.4. The first kappa shape index (κ1) is 25.6. The number of hydrogen-bond acceptors (Lipinski definition) is 6. The molecule has 0 amide bonds. The minimum atomic E-state index is -0.777. The number of aryl methyl sites for hydroxylation is 1. The molecular weight excluding hydrogens is 457 g/mol. The number of carbonyl (C=O) groups excluding carboxylic acids is 1. The molecule has 0 bridgehead atoms. The number of esters is 1. The van der Waals surface area contributed by atoms with E-state index in [9.17, 15) is 9.18 Å². The van der Waals surface area contributed by atoms with Crippen molar-refractivity contribution in [2.24, 2.45) is 10.9 Å². The summed E-state index contributed by atoms with van der Waals surface area (Å²) < 4.78 is 25.0. The lowest BCUT2D eigenvalue weighted by Crippen LogP contribution is -2.23. The predicted molar refractivity (Wildman–Crippen MR) is 142 cm³/mol. The number of anilines is 1. The molecule has 1 aliphatic carbocycles. The van der Waals surface area contributed by atoms with Gasteiger partial charge in [-0.15, -0.1) is 0 Å². The summed E-state index contributed by atoms with van der Waals surface area (Å²) in [5.41, 5.74) is 3.58. The van der Waals surface area contributed by atoms with E-state index in [1.165, 1.54) is 39.5 Å². The SMILES string of the molecule is COC(=O)C(CNc1ccc2ccncc2c1/N=C(\C)C1CCCCC1)c1cc(F)c(C)cc1OC. The van der Waals surface area contributed by atoms with E-state index in [2.05, 4.69) is 17.2 Å². The maximum absolute atomic E-state index is 14.5. The summed E-state index contributed by atoms with van der Waals surface area (Å²) in [7, 11) is 2.84. The number of aliphatic imine (C=N–C) groups is 1. The van der Waals surface area contributed by atoms with Gasteiger partial charge >= 0.3 is 5.97 Å². The Morgan fingerprint density at radius 3 is 2.69 bits per heavy atom. The molecule has 1 aromatic heterocycles. The molecule has 0 spiro atoms. The molecule has 1 aliphatic rings. The highest BCUT2D eigenvalue weighted by molar-refractivity contribution is 6.01. The van der Waals surface area contributed by atoms with Gasteiger partial charge in [-0.3, -0.25) is 14.8 Å². The van der Waals surface area contributed by atoms with Crippen LogP contribution in [0.15, 0.2) is 47.7 Å². The first-order valence-electron chi connectivity index (χ1n) is 12.5. The molecule has 1 unspecified atom stereocenters. The zero-order chi connectivity index (χ0) is 25.7. The van der Waals surface area contributed by atoms with Gasteiger partial charge in [0.05, 0.1) is 25.6 Å². The lowest BCUT2D eigenvalue weighted by atomic mass is 9.86. The van der Waals surface area contributed by atoms with Gasteiger partial charge in [0.25, 0.3) is 0 Å². The van der Waals surface area contributed by atoms with Crippen molar-refractivity contribution in [3.8, 4) is 5.75 Å². The van der Waals surface area contributed by atoms with Gasteiger partial charge in [0.2, 0.25) is 0 Å². The van der Waals surface area contributed by atoms with Crippen LogP contribution in [0.2, 0.25) is 0 Å². The topological polar surface area (TPSA) is 72.8 Å². The summed E-state index contributed by atoms with van der Waals surface area (Å²) in [5.74, 6) is -0.734. The van der Waals surface area contributed by atoms with Crippen LogP contribution >= 0.6 is 0 Å². The smallest absolute Gasteiger partial charge is 0.315 e. The van der Waals surface area contributed by atoms with E-state index in [0.717, 1.165) is 40.7 Å². The van der Waals surface area contributed by atoms with E-state index in [0.29, 0.717) is 22.8 Å². The number of nitrogens with one attached hydrogen (secondary N) is 1. The van der Waals surface area contributed by atoms with Crippen molar-refractivity contribution >= 4 is 33.8 Å². The van der Waals surface area contributed by atoms with Crippen molar-refractivity contribution in [1.82, 2.24) is 4.98 Å². The van der Waals surface area contributed by atoms with Gasteiger partial charge in [-0.25, -0.2) is 4.39 Å². The fourth-order valence-electron chi connectivity index (χ4n) is 4.99. The summed E-state index contributed by atoms with van der Waals surface area (Å²) in [4.78, 5) is 22.2. The fourth-order valence-corrected chi connectivity index (χ4v) is 4.99. The number of pyridine rings is 1. The third-order valence-electron chi connectivity index (χ3n) is 7.15. The molecule has 1 heterocycles. The van der Waals surface area contributed by atoms with E-state index in [-0.39, 0.29) is 6.54 Å². The van der Waals surface area contributed by atoms with Crippen LogP contribution in [-0.2, 0) is 9.53 Å². The minimum absolute atomic E-state index is 0.183. The Morgan fingerprint density at radius 1 is 1.19 bits per heavy atom. The molecule has 7 heteroatoms. The lowest BCUT2D eigenvalue weighted by Gasteiger charge is -2.23. The van der Waals surface area contributed by atoms with E-state index < -0.39 is 17.7 Å². The van der Waals surface area contributed by atoms with Gasteiger partial charge in [-0.2, -0.15) is 0 Å². The summed E-state index contributed by atoms with van der Waals surface area (Å²) in [5, 5.41) is 5.37. The van der Waals surface area contributed by atoms with Crippen molar-refractivity contribution in [3.63, 3.8) is 0 Å². The number of rotatable bonds is 8. The van der Waals surface area contributed by atoms with Gasteiger partial charge < -0.3 is 14.8 Å². The third kappa shape index (κ3) is 5.50. The summed E-state index contributed by atoms with van der Waals surface area (Å²) in [6.45, 7) is 3.95. The van der Waals surface area contributed by atoms with Crippen LogP contribution in [0.3, 0.4) is 0 Å². The van der Waals surface area contributed by atoms with Crippen LogP contribution in [-0.4, -0.2) is 37.4 Å². The predicted octanol–water partition coefficient (Wildman–Crippen LogP) is 6.73. The Hall–Kier alpha value is -3.48. The Balaban J connectivity index is 1.71. The van der Waals surface area contributed by atoms with Crippen molar-refractivity contribution in [3.05, 3.63) is 59.7 Å². The van der Waals surface area contributed by atoms with Crippen LogP contribution in [0.4, 0.5) is 15.8 Å². The van der Waals surface area contributed by atoms with E-state index in [1.54, 1.807) is 19.2 Å². The monoisotopic (exact) mass is 491 g/mol. The molecule has 36 heavy (non-hydrogen) atoms. The molecule has 1 fully saturated rings. The first-order valence-corrected chi connectivity index (χ1v) is 12.5. The molecule has 0 radical (unpaired) electrons. The number of halogens is 1. The fraction of sp³-hybridized carbons (Fsp3) is 0.414. The van der Waals surface area contributed by atoms with Gasteiger partial charge in [0, 0.05) is 35.6 Å². The van der Waals surface area contributed by atoms with Crippen molar-refractivity contribution < 1.29 is 18.7 Å². The molecule has 2 aromatic carbocycles. The maximum Gasteiger partial charge on any atom is 0.315 e. The molecule has 0 aliphatic heterocycles. The number of hydrogen-bond donors (Lipinski definition) is 1. The van der Waals surface area contributed by atoms with Crippen LogP contribution in [0.25, 0.3) is 10.8 Å². The van der Waals surface area contributed by atoms with Crippen molar-refractivity contribution in [1.29, 1.82) is 0 Å². The second-order valence-corrected chi connectivity index (χ2v) is 9.45. The number of fused-ring (bicyclic) bond motifs is 1. The van der Waals surface area contributed by atoms with E-state index in [4.69, 9.17) is 14.5 Å². The summed E-state index contributed by atoms with van der Waals surface area (Å²) >= 11 is 0. The van der Waals surface area contributed by atoms with Gasteiger partial charge in [-0.05, 0) is 67.8 Å². The molecule has 1 saturated carbocycles. The number of ether oxygens (including phenoxy) is 2. The Labute approximate surface area is 211 Å². The highest BCUT2D eigenvalue weighted by Gasteiger charge is 2.27. The number of nitrogens with zero attached hydrogens (tertiary/aromatic N) is 2. The Kier molecular flexibility index (Phi) is 8.18. The standard InChI is InChI=1S/C29H34FN3O3/c1-18-14-27(35-3)22(15-25(18)30)24(29(34)36-4)17-32-26-11-10-21-12-13-31-16-23(21)28(26)33-19(2)20-8-6-5-7-9-20/h10-16,20,24,32H,5-9,17H2,1-4H3/b33-19+. The molecule has 1 atom stereocenters. The van der Waals surface area contributed by atoms with Crippen LogP contribution in [0, 0.1) is 18.7 Å². The normalized spacial score (nSPS) is 15.5. The average Bonchev–Trinajstić information content (AvgIpc) is 2.91. The van der Waals surface area contributed by atoms with Gasteiger partial charge in [0.1, 0.15) is 17.5 Å². The highest BCUT2D eigenvalue weighted by atomic mass is 19.1. The highest BCUT2D eigenvalue weighted by Crippen LogP contribution is 2.37. The summed E-state index contributed by atoms with van der Waals surface area (Å²) in [6.07, 6.45) is 9.65. The molecule has 4 rings (SSSR count). The van der Waals surface area contributed by atoms with Gasteiger partial charge in [0.15, 0.2) is 0 Å². The van der Waals surface area contributed by atoms with Crippen molar-refractivity contribution in [2.45, 2.75) is 51.9 Å². The Bertz CT molecular complexity index is 1270. The summed E-state index contributed by atoms with van der Waals surface area (Å²) in [6, 6.07) is 8.90. The molecular formula is C29H34FN3O3. The second-order valence-electron chi connectivity index (χ2n) is 9.45. The number of methoxy groups -OCH3 is 2. The van der Waals surface area contributed by atoms with Gasteiger partial charge in [-0.1, -0.05) is 25.3 Å². The van der Waals surface area contributed by atoms with Crippen molar-refractivity contribution in [2.75, 3.05) is 26.1 Å². The quantitative estimate of drug-likeness (QED) is 0.279. The first-order chi connectivity index (χ1) is 17.4. The largest absolute Gasteiger partial charge is 0.496 e. The molecule has 6 nitrogen and oxygen atoms in total. The average molecular weight is 492 g/mol. The third-order valence-corrected chi connectivity index (χ3v) is 7.15. The Morgan fingerprint density at radius 2 is 1.97 bits per heavy atom. The minimum Gasteiger partial charge on any atom is -0.496 e. The molecule has 190 valence electrons. The number of aromatic nitrogens is 1. The van der Waals surface area contributed by atoms with Crippen LogP contribution < -0.4 is 10.1 Å². The second kappa shape index (κ2) is 11.5. The van der Waals surface area contributed by atoms with E-state index >= 15 is 0 Å². The zero-order valence-electron chi connectivity index (χ0n) is 21.4.